The monoisotopic (exact) mass is 786 g/mol. The number of aryl methyl sites for hydroxylation is 3. The van der Waals surface area contributed by atoms with Crippen molar-refractivity contribution in [3.05, 3.63) is 142 Å². The summed E-state index contributed by atoms with van der Waals surface area (Å²) in [6, 6.07) is 29.4. The predicted octanol–water partition coefficient (Wildman–Crippen LogP) is 10.7. The predicted molar refractivity (Wildman–Crippen MR) is 187 cm³/mol. The Balaban J connectivity index is 0.000000310. The molecule has 0 amide bonds. The maximum atomic E-state index is 8.53. The molecule has 2 heterocycles. The number of nitrogens with zero attached hydrogens (tertiary/aromatic N) is 2. The number of rotatable bonds is 8. The number of hydrogen-bond donors (Lipinski definition) is 0. The van der Waals surface area contributed by atoms with E-state index in [1.807, 2.05) is 36.4 Å². The Morgan fingerprint density at radius 2 is 1.31 bits per heavy atom. The van der Waals surface area contributed by atoms with Crippen LogP contribution in [0.3, 0.4) is 0 Å². The molecule has 237 valence electrons. The minimum Gasteiger partial charge on any atom is -0.304 e. The number of benzene rings is 3. The van der Waals surface area contributed by atoms with E-state index in [0.717, 1.165) is 5.56 Å². The number of hydrogen-bond acceptors (Lipinski definition) is 2. The van der Waals surface area contributed by atoms with Crippen LogP contribution in [0, 0.1) is 44.5 Å². The van der Waals surface area contributed by atoms with Crippen LogP contribution in [0.15, 0.2) is 91.3 Å². The van der Waals surface area contributed by atoms with Gasteiger partial charge in [0.1, 0.15) is 0 Å². The zero-order valence-corrected chi connectivity index (χ0v) is 28.9. The van der Waals surface area contributed by atoms with E-state index in [0.29, 0.717) is 22.5 Å². The van der Waals surface area contributed by atoms with Gasteiger partial charge in [-0.1, -0.05) is 102 Å². The molecule has 2 nitrogen and oxygen atoms in total. The van der Waals surface area contributed by atoms with Gasteiger partial charge in [-0.2, -0.15) is 0 Å². The van der Waals surface area contributed by atoms with Gasteiger partial charge in [-0.3, -0.25) is 0 Å². The summed E-state index contributed by atoms with van der Waals surface area (Å²) in [6.45, 7) is 3.99. The van der Waals surface area contributed by atoms with Crippen LogP contribution in [0.2, 0.25) is 0 Å². The zero-order chi connectivity index (χ0) is 42.9. The third kappa shape index (κ3) is 9.80. The molecule has 0 saturated heterocycles. The molecule has 0 N–H and O–H groups in total. The first kappa shape index (κ1) is 21.4. The molecule has 45 heavy (non-hydrogen) atoms. The molecule has 0 aliphatic heterocycles. The van der Waals surface area contributed by atoms with E-state index in [4.69, 9.17) is 17.8 Å². The fourth-order valence-electron chi connectivity index (χ4n) is 4.67. The van der Waals surface area contributed by atoms with Gasteiger partial charge < -0.3 is 9.97 Å². The van der Waals surface area contributed by atoms with Crippen molar-refractivity contribution in [2.75, 3.05) is 0 Å². The molecule has 1 radical (unpaired) electrons. The average Bonchev–Trinajstić information content (AvgIpc) is 3.14. The van der Waals surface area contributed by atoms with E-state index in [1.165, 1.54) is 42.2 Å². The van der Waals surface area contributed by atoms with Crippen molar-refractivity contribution in [2.24, 2.45) is 11.8 Å². The summed E-state index contributed by atoms with van der Waals surface area (Å²) in [4.78, 5) is 8.53. The zero-order valence-electron chi connectivity index (χ0n) is 39.5. The molecule has 0 aliphatic carbocycles. The molecule has 5 aromatic rings. The summed E-state index contributed by atoms with van der Waals surface area (Å²) in [7, 11) is 0. The Kier molecular flexibility index (Phi) is 7.73. The third-order valence-corrected chi connectivity index (χ3v) is 7.08. The molecule has 0 aliphatic rings. The summed E-state index contributed by atoms with van der Waals surface area (Å²) >= 11 is 0. The molecule has 0 fully saturated rings. The first-order valence-electron chi connectivity index (χ1n) is 21.2. The molecule has 0 saturated carbocycles. The van der Waals surface area contributed by atoms with Crippen LogP contribution >= 0.6 is 0 Å². The van der Waals surface area contributed by atoms with E-state index in [2.05, 4.69) is 48.1 Å². The SMILES string of the molecule is [2H]C([2H])([2H])c1c[c-]c(-c2cc(C([2H])([2H])C(C)C)c(C([2H])([2H])[2H])cn2)cc1.[2H]C([2H])([2H])c1cnc(-c2[c-]ccc(C(C)(C)c3ccccc3)c2)cc1C([2H])([2H])C(C)C.[Ir]. The first-order chi connectivity index (χ1) is 26.1. The first-order valence-corrected chi connectivity index (χ1v) is 14.7. The van der Waals surface area contributed by atoms with Crippen molar-refractivity contribution >= 4 is 0 Å². The Morgan fingerprint density at radius 1 is 0.711 bits per heavy atom. The van der Waals surface area contributed by atoms with Gasteiger partial charge in [-0.15, -0.1) is 70.8 Å². The maximum absolute atomic E-state index is 8.53. The van der Waals surface area contributed by atoms with Crippen LogP contribution in [0.4, 0.5) is 0 Å². The van der Waals surface area contributed by atoms with Crippen molar-refractivity contribution in [1.29, 1.82) is 0 Å². The largest absolute Gasteiger partial charge is 0.304 e. The van der Waals surface area contributed by atoms with Gasteiger partial charge in [0.15, 0.2) is 0 Å². The summed E-state index contributed by atoms with van der Waals surface area (Å²) in [5.74, 6) is -0.836. The molecule has 0 unspecified atom stereocenters. The summed E-state index contributed by atoms with van der Waals surface area (Å²) in [5.41, 5.74) is 4.21. The molecule has 2 aromatic heterocycles. The van der Waals surface area contributed by atoms with Crippen molar-refractivity contribution in [1.82, 2.24) is 9.97 Å². The topological polar surface area (TPSA) is 25.8 Å². The van der Waals surface area contributed by atoms with Gasteiger partial charge in [0.05, 0.1) is 0 Å². The van der Waals surface area contributed by atoms with Crippen LogP contribution in [0.5, 0.6) is 0 Å². The molecule has 0 spiro atoms. The second-order valence-electron chi connectivity index (χ2n) is 11.8. The van der Waals surface area contributed by atoms with Crippen molar-refractivity contribution < 1.29 is 37.9 Å². The van der Waals surface area contributed by atoms with Crippen LogP contribution in [0.25, 0.3) is 22.5 Å². The molecule has 5 rings (SSSR count). The van der Waals surface area contributed by atoms with Gasteiger partial charge in [0.2, 0.25) is 0 Å². The fraction of sp³-hybridized carbons (Fsp3) is 0.333. The molecule has 0 atom stereocenters. The molecular weight excluding hydrogens is 725 g/mol. The van der Waals surface area contributed by atoms with E-state index in [-0.39, 0.29) is 53.3 Å². The third-order valence-electron chi connectivity index (χ3n) is 7.08. The number of aromatic nitrogens is 2. The van der Waals surface area contributed by atoms with E-state index in [1.54, 1.807) is 33.8 Å². The van der Waals surface area contributed by atoms with Gasteiger partial charge in [-0.25, -0.2) is 0 Å². The molecule has 3 aromatic carbocycles. The number of pyridine rings is 2. The molecule has 0 bridgehead atoms. The van der Waals surface area contributed by atoms with Gasteiger partial charge >= 0.3 is 0 Å². The standard InChI is InChI=1S/C25H28N.C17H20N.Ir/c1-18(2)14-21-16-24(26-17-19(21)3)20-10-9-13-23(15-20)25(4,5)22-11-7-6-8-12-22;1-12(2)9-16-10-17(18-11-14(16)4)15-7-5-13(3)6-8-15;/h6-9,11-13,15-18H,14H2,1-5H3;5-7,10-12H,9H2,1-4H3;/q2*-1;/i3D3,14D2;3D3,4D3,9D2;. The Hall–Kier alpha value is -3.39. The normalized spacial score (nSPS) is 16.9. The van der Waals surface area contributed by atoms with Gasteiger partial charge in [-0.05, 0) is 71.8 Å². The second kappa shape index (κ2) is 16.3. The van der Waals surface area contributed by atoms with Crippen LogP contribution < -0.4 is 0 Å². The van der Waals surface area contributed by atoms with E-state index in [9.17, 15) is 0 Å². The van der Waals surface area contributed by atoms with E-state index >= 15 is 0 Å². The van der Waals surface area contributed by atoms with Gasteiger partial charge in [0, 0.05) is 50.3 Å². The van der Waals surface area contributed by atoms with Crippen molar-refractivity contribution in [2.45, 2.75) is 80.3 Å². The fourth-order valence-corrected chi connectivity index (χ4v) is 4.67. The average molecular weight is 786 g/mol. The maximum Gasteiger partial charge on any atom is 0.0318 e. The second-order valence-corrected chi connectivity index (χ2v) is 11.8. The quantitative estimate of drug-likeness (QED) is 0.146. The minimum absolute atomic E-state index is 0. The van der Waals surface area contributed by atoms with Crippen LogP contribution in [-0.2, 0) is 38.3 Å². The Morgan fingerprint density at radius 3 is 1.82 bits per heavy atom. The smallest absolute Gasteiger partial charge is 0.0318 e. The molecular formula is C42H48IrN2-2. The minimum atomic E-state index is -2.49. The molecule has 3 heteroatoms. The summed E-state index contributed by atoms with van der Waals surface area (Å²) in [6.07, 6.45) is -1.20. The van der Waals surface area contributed by atoms with Crippen molar-refractivity contribution in [3.63, 3.8) is 0 Å². The Labute approximate surface area is 304 Å². The van der Waals surface area contributed by atoms with Crippen molar-refractivity contribution in [3.8, 4) is 22.5 Å². The summed E-state index contributed by atoms with van der Waals surface area (Å²) < 4.78 is 102. The van der Waals surface area contributed by atoms with E-state index < -0.39 is 45.1 Å². The Bertz CT molecular complexity index is 2140. The summed E-state index contributed by atoms with van der Waals surface area (Å²) in [5, 5.41) is 0. The van der Waals surface area contributed by atoms with Gasteiger partial charge in [0.25, 0.3) is 0 Å². The van der Waals surface area contributed by atoms with Crippen LogP contribution in [-0.4, -0.2) is 9.97 Å². The van der Waals surface area contributed by atoms with Crippen LogP contribution in [0.1, 0.15) is 98.3 Å².